The van der Waals surface area contributed by atoms with Crippen molar-refractivity contribution in [3.05, 3.63) is 21.9 Å². The van der Waals surface area contributed by atoms with Crippen LogP contribution in [0.1, 0.15) is 16.9 Å². The highest BCUT2D eigenvalue weighted by atomic mass is 32.1. The molecule has 0 unspecified atom stereocenters. The molecule has 3 nitrogen and oxygen atoms in total. The minimum absolute atomic E-state index is 0.0196. The van der Waals surface area contributed by atoms with Crippen molar-refractivity contribution in [3.8, 4) is 0 Å². The molecule has 62 valence electrons. The SMILES string of the molecule is Cc1cc(C2=NNC(=O)C2)cs1. The Morgan fingerprint density at radius 2 is 2.50 bits per heavy atom. The Hall–Kier alpha value is -1.16. The van der Waals surface area contributed by atoms with Crippen LogP contribution in [0.15, 0.2) is 16.5 Å². The van der Waals surface area contributed by atoms with Gasteiger partial charge in [0, 0.05) is 15.8 Å². The standard InChI is InChI=1S/C8H8N2OS/c1-5-2-6(4-12-5)7-3-8(11)10-9-7/h2,4H,3H2,1H3,(H,10,11). The van der Waals surface area contributed by atoms with Crippen molar-refractivity contribution < 1.29 is 4.79 Å². The molecule has 1 aliphatic heterocycles. The van der Waals surface area contributed by atoms with Crippen molar-refractivity contribution in [2.24, 2.45) is 5.10 Å². The second-order valence-corrected chi connectivity index (χ2v) is 3.83. The maximum Gasteiger partial charge on any atom is 0.246 e. The second kappa shape index (κ2) is 2.71. The third-order valence-corrected chi connectivity index (χ3v) is 2.57. The molecule has 0 fully saturated rings. The van der Waals surface area contributed by atoms with Crippen LogP contribution in [0.25, 0.3) is 0 Å². The third-order valence-electron chi connectivity index (χ3n) is 1.71. The van der Waals surface area contributed by atoms with E-state index < -0.39 is 0 Å². The number of hydrazone groups is 1. The van der Waals surface area contributed by atoms with Crippen LogP contribution < -0.4 is 5.43 Å². The van der Waals surface area contributed by atoms with Crippen molar-refractivity contribution in [1.29, 1.82) is 0 Å². The van der Waals surface area contributed by atoms with E-state index in [1.165, 1.54) is 4.88 Å². The lowest BCUT2D eigenvalue weighted by atomic mass is 10.1. The topological polar surface area (TPSA) is 41.5 Å². The Morgan fingerprint density at radius 3 is 3.00 bits per heavy atom. The first-order chi connectivity index (χ1) is 5.75. The zero-order chi connectivity index (χ0) is 8.55. The molecule has 4 heteroatoms. The van der Waals surface area contributed by atoms with Gasteiger partial charge in [-0.1, -0.05) is 0 Å². The van der Waals surface area contributed by atoms with Crippen molar-refractivity contribution in [3.63, 3.8) is 0 Å². The highest BCUT2D eigenvalue weighted by molar-refractivity contribution is 7.10. The van der Waals surface area contributed by atoms with E-state index in [-0.39, 0.29) is 5.91 Å². The second-order valence-electron chi connectivity index (χ2n) is 2.72. The van der Waals surface area contributed by atoms with Gasteiger partial charge in [0.1, 0.15) is 0 Å². The van der Waals surface area contributed by atoms with Gasteiger partial charge in [0.25, 0.3) is 0 Å². The summed E-state index contributed by atoms with van der Waals surface area (Å²) in [6.07, 6.45) is 0.413. The van der Waals surface area contributed by atoms with E-state index in [0.717, 1.165) is 11.3 Å². The van der Waals surface area contributed by atoms with Crippen molar-refractivity contribution in [2.75, 3.05) is 0 Å². The maximum atomic E-state index is 10.8. The average Bonchev–Trinajstić information content (AvgIpc) is 2.58. The van der Waals surface area contributed by atoms with Crippen LogP contribution in [0.5, 0.6) is 0 Å². The van der Waals surface area contributed by atoms with Crippen LogP contribution in [0, 0.1) is 6.92 Å². The summed E-state index contributed by atoms with van der Waals surface area (Å²) in [5.41, 5.74) is 4.35. The van der Waals surface area contributed by atoms with E-state index >= 15 is 0 Å². The van der Waals surface area contributed by atoms with Gasteiger partial charge in [-0.05, 0) is 13.0 Å². The number of rotatable bonds is 1. The summed E-state index contributed by atoms with van der Waals surface area (Å²) in [7, 11) is 0. The largest absolute Gasteiger partial charge is 0.273 e. The first-order valence-electron chi connectivity index (χ1n) is 3.66. The minimum atomic E-state index is -0.0196. The third kappa shape index (κ3) is 1.25. The van der Waals surface area contributed by atoms with E-state index in [0.29, 0.717) is 6.42 Å². The molecule has 1 N–H and O–H groups in total. The summed E-state index contributed by atoms with van der Waals surface area (Å²) < 4.78 is 0. The van der Waals surface area contributed by atoms with E-state index in [1.54, 1.807) is 11.3 Å². The molecule has 1 aromatic rings. The Bertz CT molecular complexity index is 354. The molecule has 0 aliphatic carbocycles. The fraction of sp³-hybridized carbons (Fsp3) is 0.250. The minimum Gasteiger partial charge on any atom is -0.273 e. The Morgan fingerprint density at radius 1 is 1.67 bits per heavy atom. The summed E-state index contributed by atoms with van der Waals surface area (Å²) >= 11 is 1.67. The summed E-state index contributed by atoms with van der Waals surface area (Å²) in [4.78, 5) is 12.1. The molecule has 0 radical (unpaired) electrons. The highest BCUT2D eigenvalue weighted by Gasteiger charge is 2.16. The molecule has 0 bridgehead atoms. The Balaban J connectivity index is 2.27. The summed E-state index contributed by atoms with van der Waals surface area (Å²) in [6.45, 7) is 2.04. The van der Waals surface area contributed by atoms with Crippen LogP contribution in [0.2, 0.25) is 0 Å². The maximum absolute atomic E-state index is 10.8. The lowest BCUT2D eigenvalue weighted by Gasteiger charge is -1.88. The number of carbonyl (C=O) groups excluding carboxylic acids is 1. The molecule has 2 rings (SSSR count). The summed E-state index contributed by atoms with van der Waals surface area (Å²) in [5, 5.41) is 5.95. The van der Waals surface area contributed by atoms with Crippen LogP contribution in [0.3, 0.4) is 0 Å². The van der Waals surface area contributed by atoms with Gasteiger partial charge in [-0.3, -0.25) is 4.79 Å². The fourth-order valence-corrected chi connectivity index (χ4v) is 1.83. The van der Waals surface area contributed by atoms with Crippen LogP contribution in [0.4, 0.5) is 0 Å². The van der Waals surface area contributed by atoms with Crippen LogP contribution >= 0.6 is 11.3 Å². The molecular weight excluding hydrogens is 172 g/mol. The number of nitrogens with one attached hydrogen (secondary N) is 1. The molecule has 12 heavy (non-hydrogen) atoms. The number of amides is 1. The summed E-state index contributed by atoms with van der Waals surface area (Å²) in [5.74, 6) is -0.0196. The van der Waals surface area contributed by atoms with Gasteiger partial charge in [0.15, 0.2) is 0 Å². The van der Waals surface area contributed by atoms with Gasteiger partial charge < -0.3 is 0 Å². The summed E-state index contributed by atoms with van der Waals surface area (Å²) in [6, 6.07) is 2.05. The molecule has 0 atom stereocenters. The number of nitrogens with zero attached hydrogens (tertiary/aromatic N) is 1. The number of hydrogen-bond donors (Lipinski definition) is 1. The van der Waals surface area contributed by atoms with Gasteiger partial charge >= 0.3 is 0 Å². The van der Waals surface area contributed by atoms with E-state index in [1.807, 2.05) is 18.4 Å². The van der Waals surface area contributed by atoms with Gasteiger partial charge in [-0.15, -0.1) is 11.3 Å². The Labute approximate surface area is 74.1 Å². The highest BCUT2D eigenvalue weighted by Crippen LogP contribution is 2.16. The van der Waals surface area contributed by atoms with E-state index in [4.69, 9.17) is 0 Å². The van der Waals surface area contributed by atoms with E-state index in [2.05, 4.69) is 10.5 Å². The molecule has 0 aromatic carbocycles. The smallest absolute Gasteiger partial charge is 0.246 e. The lowest BCUT2D eigenvalue weighted by Crippen LogP contribution is -2.09. The number of thiophene rings is 1. The van der Waals surface area contributed by atoms with Crippen molar-refractivity contribution in [1.82, 2.24) is 5.43 Å². The first kappa shape index (κ1) is 7.49. The number of carbonyl (C=O) groups is 1. The zero-order valence-electron chi connectivity index (χ0n) is 6.63. The Kier molecular flexibility index (Phi) is 1.69. The van der Waals surface area contributed by atoms with E-state index in [9.17, 15) is 4.79 Å². The van der Waals surface area contributed by atoms with Crippen molar-refractivity contribution >= 4 is 23.0 Å². The molecule has 1 amide bonds. The molecular formula is C8H8N2OS. The average molecular weight is 180 g/mol. The van der Waals surface area contributed by atoms with Crippen LogP contribution in [-0.4, -0.2) is 11.6 Å². The molecule has 0 spiro atoms. The first-order valence-corrected chi connectivity index (χ1v) is 4.54. The number of hydrogen-bond acceptors (Lipinski definition) is 3. The fourth-order valence-electron chi connectivity index (χ4n) is 1.12. The van der Waals surface area contributed by atoms with Crippen LogP contribution in [-0.2, 0) is 4.79 Å². The monoisotopic (exact) mass is 180 g/mol. The van der Waals surface area contributed by atoms with Crippen molar-refractivity contribution in [2.45, 2.75) is 13.3 Å². The predicted octanol–water partition coefficient (Wildman–Crippen LogP) is 1.28. The quantitative estimate of drug-likeness (QED) is 0.695. The lowest BCUT2D eigenvalue weighted by molar-refractivity contribution is -0.119. The normalized spacial score (nSPS) is 16.1. The molecule has 0 saturated carbocycles. The predicted molar refractivity (Wildman–Crippen MR) is 48.4 cm³/mol. The number of aryl methyl sites for hydroxylation is 1. The van der Waals surface area contributed by atoms with Gasteiger partial charge in [0.05, 0.1) is 12.1 Å². The van der Waals surface area contributed by atoms with Gasteiger partial charge in [0.2, 0.25) is 5.91 Å². The van der Waals surface area contributed by atoms with Gasteiger partial charge in [-0.2, -0.15) is 5.10 Å². The van der Waals surface area contributed by atoms with Gasteiger partial charge in [-0.25, -0.2) is 5.43 Å². The molecule has 2 heterocycles. The zero-order valence-corrected chi connectivity index (χ0v) is 7.44. The molecule has 0 saturated heterocycles. The molecule has 1 aromatic heterocycles. The molecule has 1 aliphatic rings.